The van der Waals surface area contributed by atoms with Gasteiger partial charge in [-0.3, -0.25) is 9.69 Å². The maximum atomic E-state index is 10.7. The smallest absolute Gasteiger partial charge is 0.147 e. The first-order chi connectivity index (χ1) is 5.72. The van der Waals surface area contributed by atoms with E-state index in [1.54, 1.807) is 0 Å². The lowest BCUT2D eigenvalue weighted by Crippen LogP contribution is -2.47. The summed E-state index contributed by atoms with van der Waals surface area (Å²) in [5.41, 5.74) is 0. The molecule has 0 atom stereocenters. The molecule has 0 spiro atoms. The van der Waals surface area contributed by atoms with Gasteiger partial charge in [-0.15, -0.1) is 0 Å². The van der Waals surface area contributed by atoms with E-state index in [1.807, 2.05) is 0 Å². The number of rotatable bonds is 3. The minimum atomic E-state index is 0.0277. The molecule has 1 heterocycles. The number of ketones is 1. The number of Topliss-reactive ketones (excluding diaryl/α,β-unsaturated/α-hetero) is 1. The van der Waals surface area contributed by atoms with Gasteiger partial charge in [0, 0.05) is 33.1 Å². The highest BCUT2D eigenvalue weighted by atomic mass is 16.1. The molecule has 1 aliphatic heterocycles. The number of likely N-dealkylation sites (N-methyl/N-ethyl adjacent to an activating group) is 1. The quantitative estimate of drug-likeness (QED) is 0.595. The molecule has 1 aliphatic rings. The summed E-state index contributed by atoms with van der Waals surface area (Å²) in [6.45, 7) is 11.4. The molecule has 1 saturated heterocycles. The largest absolute Gasteiger partial charge is 0.301 e. The van der Waals surface area contributed by atoms with Gasteiger partial charge >= 0.3 is 0 Å². The van der Waals surface area contributed by atoms with Crippen LogP contribution in [0.5, 0.6) is 0 Å². The van der Waals surface area contributed by atoms with Crippen molar-refractivity contribution in [1.82, 2.24) is 9.80 Å². The monoisotopic (exact) mass is 169 g/mol. The molecule has 1 rings (SSSR count). The van der Waals surface area contributed by atoms with Gasteiger partial charge in [-0.25, -0.2) is 0 Å². The van der Waals surface area contributed by atoms with Gasteiger partial charge in [-0.1, -0.05) is 6.92 Å². The zero-order chi connectivity index (χ0) is 8.97. The molecule has 12 heavy (non-hydrogen) atoms. The molecule has 1 radical (unpaired) electrons. The Morgan fingerprint density at radius 1 is 1.25 bits per heavy atom. The molecule has 69 valence electrons. The van der Waals surface area contributed by atoms with Crippen molar-refractivity contribution in [3.05, 3.63) is 6.92 Å². The molecule has 0 N–H and O–H groups in total. The van der Waals surface area contributed by atoms with Gasteiger partial charge in [0.25, 0.3) is 0 Å². The first-order valence-electron chi connectivity index (χ1n) is 4.52. The highest BCUT2D eigenvalue weighted by Gasteiger charge is 2.15. The van der Waals surface area contributed by atoms with Gasteiger partial charge < -0.3 is 4.90 Å². The number of nitrogens with zero attached hydrogens (tertiary/aromatic N) is 2. The summed E-state index contributed by atoms with van der Waals surface area (Å²) in [4.78, 5) is 15.3. The van der Waals surface area contributed by atoms with Crippen LogP contribution >= 0.6 is 0 Å². The highest BCUT2D eigenvalue weighted by Crippen LogP contribution is 2.00. The number of piperazine rings is 1. The Morgan fingerprint density at radius 2 is 1.75 bits per heavy atom. The Labute approximate surface area is 74.3 Å². The van der Waals surface area contributed by atoms with E-state index in [1.165, 1.54) is 0 Å². The summed E-state index contributed by atoms with van der Waals surface area (Å²) in [6.07, 6.45) is 0. The molecular weight excluding hydrogens is 152 g/mol. The number of hydrogen-bond acceptors (Lipinski definition) is 3. The summed E-state index contributed by atoms with van der Waals surface area (Å²) in [5, 5.41) is 0. The maximum Gasteiger partial charge on any atom is 0.147 e. The number of carbonyl (C=O) groups is 1. The SMILES string of the molecule is [CH2]C(=O)CN1CCN(CC)CC1. The minimum Gasteiger partial charge on any atom is -0.301 e. The normalized spacial score (nSPS) is 21.2. The zero-order valence-electron chi connectivity index (χ0n) is 7.75. The molecule has 0 saturated carbocycles. The summed E-state index contributed by atoms with van der Waals surface area (Å²) in [6, 6.07) is 0. The molecule has 0 bridgehead atoms. The third kappa shape index (κ3) is 2.91. The van der Waals surface area contributed by atoms with Crippen molar-refractivity contribution in [2.45, 2.75) is 6.92 Å². The third-order valence-corrected chi connectivity index (χ3v) is 2.31. The lowest BCUT2D eigenvalue weighted by Gasteiger charge is -2.33. The molecule has 0 unspecified atom stereocenters. The molecule has 0 aromatic rings. The predicted octanol–water partition coefficient (Wildman–Crippen LogP) is 0.0271. The molecule has 3 nitrogen and oxygen atoms in total. The fourth-order valence-electron chi connectivity index (χ4n) is 1.51. The van der Waals surface area contributed by atoms with E-state index >= 15 is 0 Å². The Bertz CT molecular complexity index is 151. The molecule has 0 aromatic carbocycles. The average Bonchev–Trinajstić information content (AvgIpc) is 2.05. The van der Waals surface area contributed by atoms with Gasteiger partial charge in [0.05, 0.1) is 6.54 Å². The summed E-state index contributed by atoms with van der Waals surface area (Å²) >= 11 is 0. The molecule has 1 fully saturated rings. The fraction of sp³-hybridized carbons (Fsp3) is 0.778. The van der Waals surface area contributed by atoms with Gasteiger partial charge in [0.2, 0.25) is 0 Å². The summed E-state index contributed by atoms with van der Waals surface area (Å²) in [7, 11) is 0. The average molecular weight is 169 g/mol. The lowest BCUT2D eigenvalue weighted by atomic mass is 10.3. The van der Waals surface area contributed by atoms with E-state index in [0.29, 0.717) is 6.54 Å². The first-order valence-corrected chi connectivity index (χ1v) is 4.52. The van der Waals surface area contributed by atoms with Crippen LogP contribution in [0.4, 0.5) is 0 Å². The van der Waals surface area contributed by atoms with Crippen molar-refractivity contribution in [3.63, 3.8) is 0 Å². The van der Waals surface area contributed by atoms with Crippen LogP contribution in [0.2, 0.25) is 0 Å². The van der Waals surface area contributed by atoms with E-state index in [9.17, 15) is 4.79 Å². The van der Waals surface area contributed by atoms with Crippen molar-refractivity contribution in [3.8, 4) is 0 Å². The molecule has 0 amide bonds. The van der Waals surface area contributed by atoms with Crippen molar-refractivity contribution in [2.75, 3.05) is 39.3 Å². The zero-order valence-corrected chi connectivity index (χ0v) is 7.75. The second kappa shape index (κ2) is 4.58. The Hall–Kier alpha value is -0.410. The lowest BCUT2D eigenvalue weighted by molar-refractivity contribution is -0.116. The van der Waals surface area contributed by atoms with Gasteiger partial charge in [-0.2, -0.15) is 0 Å². The van der Waals surface area contributed by atoms with Crippen LogP contribution in [-0.2, 0) is 4.79 Å². The predicted molar refractivity (Wildman–Crippen MR) is 48.9 cm³/mol. The first kappa shape index (κ1) is 9.68. The van der Waals surface area contributed by atoms with E-state index in [2.05, 4.69) is 23.6 Å². The molecular formula is C9H17N2O. The fourth-order valence-corrected chi connectivity index (χ4v) is 1.51. The van der Waals surface area contributed by atoms with Crippen LogP contribution < -0.4 is 0 Å². The van der Waals surface area contributed by atoms with Gasteiger partial charge in [-0.05, 0) is 6.54 Å². The van der Waals surface area contributed by atoms with Crippen molar-refractivity contribution < 1.29 is 4.79 Å². The molecule has 0 aliphatic carbocycles. The van der Waals surface area contributed by atoms with Crippen LogP contribution in [0, 0.1) is 6.92 Å². The summed E-state index contributed by atoms with van der Waals surface area (Å²) in [5.74, 6) is 0.0277. The van der Waals surface area contributed by atoms with Crippen LogP contribution in [0.3, 0.4) is 0 Å². The van der Waals surface area contributed by atoms with Gasteiger partial charge in [0.15, 0.2) is 0 Å². The maximum absolute atomic E-state index is 10.7. The highest BCUT2D eigenvalue weighted by molar-refractivity contribution is 5.84. The van der Waals surface area contributed by atoms with E-state index in [-0.39, 0.29) is 5.78 Å². The van der Waals surface area contributed by atoms with Gasteiger partial charge in [0.1, 0.15) is 5.78 Å². The minimum absolute atomic E-state index is 0.0277. The van der Waals surface area contributed by atoms with Crippen molar-refractivity contribution >= 4 is 5.78 Å². The number of hydrogen-bond donors (Lipinski definition) is 0. The summed E-state index contributed by atoms with van der Waals surface area (Å²) < 4.78 is 0. The van der Waals surface area contributed by atoms with E-state index in [0.717, 1.165) is 32.7 Å². The van der Waals surface area contributed by atoms with E-state index < -0.39 is 0 Å². The topological polar surface area (TPSA) is 23.6 Å². The second-order valence-electron chi connectivity index (χ2n) is 3.25. The van der Waals surface area contributed by atoms with Crippen LogP contribution in [-0.4, -0.2) is 54.9 Å². The molecule has 3 heteroatoms. The molecule has 0 aromatic heterocycles. The number of carbonyl (C=O) groups excluding carboxylic acids is 1. The van der Waals surface area contributed by atoms with Crippen LogP contribution in [0.1, 0.15) is 6.92 Å². The van der Waals surface area contributed by atoms with E-state index in [4.69, 9.17) is 0 Å². The standard InChI is InChI=1S/C9H17N2O/c1-3-10-4-6-11(7-5-10)8-9(2)12/h2-8H2,1H3. The Balaban J connectivity index is 2.21. The third-order valence-electron chi connectivity index (χ3n) is 2.31. The Morgan fingerprint density at radius 3 is 2.17 bits per heavy atom. The Kier molecular flexibility index (Phi) is 3.69. The van der Waals surface area contributed by atoms with Crippen LogP contribution in [0.15, 0.2) is 0 Å². The van der Waals surface area contributed by atoms with Crippen LogP contribution in [0.25, 0.3) is 0 Å². The van der Waals surface area contributed by atoms with Crippen molar-refractivity contribution in [2.24, 2.45) is 0 Å². The second-order valence-corrected chi connectivity index (χ2v) is 3.25. The van der Waals surface area contributed by atoms with Crippen molar-refractivity contribution in [1.29, 1.82) is 0 Å².